The molecular weight excluding hydrogens is 210 g/mol. The van der Waals surface area contributed by atoms with Crippen molar-refractivity contribution in [3.63, 3.8) is 0 Å². The number of amides is 1. The van der Waals surface area contributed by atoms with E-state index in [1.165, 1.54) is 32.1 Å². The van der Waals surface area contributed by atoms with Crippen LogP contribution in [0, 0.1) is 5.92 Å². The Kier molecular flexibility index (Phi) is 5.91. The number of nitrogens with one attached hydrogen (secondary N) is 1. The molecule has 1 unspecified atom stereocenters. The minimum Gasteiger partial charge on any atom is -0.450 e. The summed E-state index contributed by atoms with van der Waals surface area (Å²) >= 11 is 4.36. The zero-order chi connectivity index (χ0) is 11.1. The Balaban J connectivity index is 2.16. The van der Waals surface area contributed by atoms with Crippen LogP contribution in [0.4, 0.5) is 4.79 Å². The van der Waals surface area contributed by atoms with Gasteiger partial charge in [-0.3, -0.25) is 0 Å². The summed E-state index contributed by atoms with van der Waals surface area (Å²) in [6.45, 7) is 2.21. The van der Waals surface area contributed by atoms with Gasteiger partial charge in [0.1, 0.15) is 0 Å². The highest BCUT2D eigenvalue weighted by atomic mass is 32.1. The molecule has 0 aromatic carbocycles. The lowest BCUT2D eigenvalue weighted by Gasteiger charge is -2.24. The monoisotopic (exact) mass is 231 g/mol. The van der Waals surface area contributed by atoms with Crippen LogP contribution >= 0.6 is 12.6 Å². The average molecular weight is 231 g/mol. The van der Waals surface area contributed by atoms with E-state index < -0.39 is 0 Å². The molecule has 0 spiro atoms. The van der Waals surface area contributed by atoms with Crippen molar-refractivity contribution in [1.29, 1.82) is 0 Å². The molecule has 0 aromatic heterocycles. The molecule has 0 radical (unpaired) electrons. The predicted octanol–water partition coefficient (Wildman–Crippen LogP) is 2.96. The van der Waals surface area contributed by atoms with Gasteiger partial charge in [0, 0.05) is 0 Å². The molecule has 0 aliphatic heterocycles. The first-order valence-corrected chi connectivity index (χ1v) is 6.35. The van der Waals surface area contributed by atoms with Gasteiger partial charge in [-0.1, -0.05) is 32.1 Å². The molecule has 1 amide bonds. The molecule has 15 heavy (non-hydrogen) atoms. The van der Waals surface area contributed by atoms with Crippen molar-refractivity contribution in [2.24, 2.45) is 5.92 Å². The summed E-state index contributed by atoms with van der Waals surface area (Å²) in [5.41, 5.74) is 0. The summed E-state index contributed by atoms with van der Waals surface area (Å²) in [4.78, 5) is 11.1. The first-order chi connectivity index (χ1) is 7.22. The lowest BCUT2D eigenvalue weighted by Crippen LogP contribution is -2.33. The van der Waals surface area contributed by atoms with Crippen molar-refractivity contribution in [2.75, 3.05) is 6.61 Å². The number of hydrogen-bond acceptors (Lipinski definition) is 3. The van der Waals surface area contributed by atoms with Gasteiger partial charge >= 0.3 is 6.09 Å². The molecule has 88 valence electrons. The number of ether oxygens (including phenoxy) is 1. The minimum absolute atomic E-state index is 0.0628. The van der Waals surface area contributed by atoms with E-state index in [-0.39, 0.29) is 11.5 Å². The fourth-order valence-electron chi connectivity index (χ4n) is 2.11. The van der Waals surface area contributed by atoms with Crippen molar-refractivity contribution in [1.82, 2.24) is 5.32 Å². The summed E-state index contributed by atoms with van der Waals surface area (Å²) in [6, 6.07) is 0. The molecule has 1 aliphatic rings. The lowest BCUT2D eigenvalue weighted by molar-refractivity contribution is 0.150. The van der Waals surface area contributed by atoms with Crippen LogP contribution in [-0.2, 0) is 4.74 Å². The van der Waals surface area contributed by atoms with Gasteiger partial charge in [-0.25, -0.2) is 4.79 Å². The van der Waals surface area contributed by atoms with Crippen LogP contribution in [0.2, 0.25) is 0 Å². The lowest BCUT2D eigenvalue weighted by atomic mass is 9.87. The van der Waals surface area contributed by atoms with Crippen molar-refractivity contribution in [3.05, 3.63) is 0 Å². The summed E-state index contributed by atoms with van der Waals surface area (Å²) < 4.78 is 4.80. The Morgan fingerprint density at radius 3 is 2.73 bits per heavy atom. The fraction of sp³-hybridized carbons (Fsp3) is 0.909. The van der Waals surface area contributed by atoms with Gasteiger partial charge in [-0.05, 0) is 19.3 Å². The van der Waals surface area contributed by atoms with E-state index in [1.807, 2.05) is 0 Å². The van der Waals surface area contributed by atoms with Gasteiger partial charge in [-0.2, -0.15) is 12.6 Å². The van der Waals surface area contributed by atoms with Crippen LogP contribution in [-0.4, -0.2) is 18.1 Å². The topological polar surface area (TPSA) is 38.3 Å². The summed E-state index contributed by atoms with van der Waals surface area (Å²) in [5, 5.41) is 2.67. The molecule has 1 aliphatic carbocycles. The second kappa shape index (κ2) is 6.99. The van der Waals surface area contributed by atoms with Gasteiger partial charge in [0.25, 0.3) is 0 Å². The highest BCUT2D eigenvalue weighted by Gasteiger charge is 2.18. The quantitative estimate of drug-likeness (QED) is 0.576. The third kappa shape index (κ3) is 5.30. The summed E-state index contributed by atoms with van der Waals surface area (Å²) in [5.74, 6) is 0.725. The molecule has 1 fully saturated rings. The van der Waals surface area contributed by atoms with Crippen molar-refractivity contribution in [2.45, 2.75) is 50.8 Å². The van der Waals surface area contributed by atoms with E-state index in [2.05, 4.69) is 17.9 Å². The van der Waals surface area contributed by atoms with Crippen LogP contribution in [0.3, 0.4) is 0 Å². The zero-order valence-corrected chi connectivity index (χ0v) is 10.3. The highest BCUT2D eigenvalue weighted by Crippen LogP contribution is 2.27. The van der Waals surface area contributed by atoms with Crippen molar-refractivity contribution < 1.29 is 9.53 Å². The SMILES string of the molecule is CCOC(=O)NC(S)CC1CCCCC1. The van der Waals surface area contributed by atoms with Crippen molar-refractivity contribution >= 4 is 18.7 Å². The molecule has 4 heteroatoms. The minimum atomic E-state index is -0.353. The van der Waals surface area contributed by atoms with E-state index in [4.69, 9.17) is 4.74 Å². The Bertz CT molecular complexity index is 193. The Morgan fingerprint density at radius 1 is 1.47 bits per heavy atom. The highest BCUT2D eigenvalue weighted by molar-refractivity contribution is 7.80. The molecular formula is C11H21NO2S. The summed E-state index contributed by atoms with van der Waals surface area (Å²) in [7, 11) is 0. The maximum Gasteiger partial charge on any atom is 0.407 e. The molecule has 0 aromatic rings. The van der Waals surface area contributed by atoms with Crippen LogP contribution in [0.25, 0.3) is 0 Å². The molecule has 1 saturated carbocycles. The fourth-order valence-corrected chi connectivity index (χ4v) is 2.51. The third-order valence-electron chi connectivity index (χ3n) is 2.84. The molecule has 3 nitrogen and oxygen atoms in total. The molecule has 0 bridgehead atoms. The maximum absolute atomic E-state index is 11.1. The van der Waals surface area contributed by atoms with Gasteiger partial charge in [-0.15, -0.1) is 0 Å². The van der Waals surface area contributed by atoms with E-state index in [0.717, 1.165) is 12.3 Å². The first kappa shape index (κ1) is 12.7. The number of alkyl carbamates (subject to hydrolysis) is 1. The second-order valence-corrected chi connectivity index (χ2v) is 4.74. The molecule has 0 saturated heterocycles. The Labute approximate surface area is 97.4 Å². The van der Waals surface area contributed by atoms with Crippen LogP contribution in [0.15, 0.2) is 0 Å². The molecule has 0 heterocycles. The maximum atomic E-state index is 11.1. The molecule has 1 rings (SSSR count). The number of thiol groups is 1. The zero-order valence-electron chi connectivity index (χ0n) is 9.37. The van der Waals surface area contributed by atoms with E-state index in [1.54, 1.807) is 6.92 Å². The predicted molar refractivity (Wildman–Crippen MR) is 64.1 cm³/mol. The smallest absolute Gasteiger partial charge is 0.407 e. The third-order valence-corrected chi connectivity index (χ3v) is 3.18. The molecule has 1 N–H and O–H groups in total. The van der Waals surface area contributed by atoms with Crippen molar-refractivity contribution in [3.8, 4) is 0 Å². The number of carbonyl (C=O) groups is 1. The first-order valence-electron chi connectivity index (χ1n) is 5.83. The van der Waals surface area contributed by atoms with Gasteiger partial charge < -0.3 is 10.1 Å². The summed E-state index contributed by atoms with van der Waals surface area (Å²) in [6.07, 6.45) is 7.17. The van der Waals surface area contributed by atoms with Gasteiger partial charge in [0.2, 0.25) is 0 Å². The second-order valence-electron chi connectivity index (χ2n) is 4.12. The van der Waals surface area contributed by atoms with Crippen LogP contribution in [0.1, 0.15) is 45.4 Å². The van der Waals surface area contributed by atoms with Crippen LogP contribution < -0.4 is 5.32 Å². The van der Waals surface area contributed by atoms with Gasteiger partial charge in [0.05, 0.1) is 12.0 Å². The van der Waals surface area contributed by atoms with E-state index >= 15 is 0 Å². The largest absolute Gasteiger partial charge is 0.450 e. The van der Waals surface area contributed by atoms with E-state index in [0.29, 0.717) is 6.61 Å². The number of hydrogen-bond donors (Lipinski definition) is 2. The van der Waals surface area contributed by atoms with Gasteiger partial charge in [0.15, 0.2) is 0 Å². The normalized spacial score (nSPS) is 19.6. The standard InChI is InChI=1S/C11H21NO2S/c1-2-14-11(13)12-10(15)8-9-6-4-3-5-7-9/h9-10,15H,2-8H2,1H3,(H,12,13). The van der Waals surface area contributed by atoms with E-state index in [9.17, 15) is 4.79 Å². The Hall–Kier alpha value is -0.380. The average Bonchev–Trinajstić information content (AvgIpc) is 2.19. The number of rotatable bonds is 4. The van der Waals surface area contributed by atoms with Crippen LogP contribution in [0.5, 0.6) is 0 Å². The Morgan fingerprint density at radius 2 is 2.13 bits per heavy atom. The number of carbonyl (C=O) groups excluding carboxylic acids is 1. The molecule has 1 atom stereocenters.